The summed E-state index contributed by atoms with van der Waals surface area (Å²) >= 11 is 2.20. The summed E-state index contributed by atoms with van der Waals surface area (Å²) in [6.45, 7) is 8.80. The Morgan fingerprint density at radius 2 is 1.93 bits per heavy atom. The summed E-state index contributed by atoms with van der Waals surface area (Å²) in [6.07, 6.45) is 0.657. The molecular formula is C20H28IN3O4. The molecule has 2 rings (SSSR count). The molecule has 0 bridgehead atoms. The second-order valence-electron chi connectivity index (χ2n) is 8.64. The molecule has 154 valence electrons. The molecule has 0 radical (unpaired) electrons. The largest absolute Gasteiger partial charge is 0.444 e. The van der Waals surface area contributed by atoms with Crippen LogP contribution in [0.5, 0.6) is 0 Å². The fourth-order valence-corrected chi connectivity index (χ4v) is 3.43. The molecule has 0 fully saturated rings. The SMILES string of the molecule is CC(C)(CC(=O)NC1CCc2ccc(I)cc2NC1=O)NC(=O)OC(C)(C)C. The number of alkyl carbamates (subject to hydrolysis) is 1. The van der Waals surface area contributed by atoms with Crippen LogP contribution in [-0.2, 0) is 20.7 Å². The van der Waals surface area contributed by atoms with Gasteiger partial charge in [0, 0.05) is 21.2 Å². The fraction of sp³-hybridized carbons (Fsp3) is 0.550. The van der Waals surface area contributed by atoms with Crippen LogP contribution in [0.4, 0.5) is 10.5 Å². The van der Waals surface area contributed by atoms with Crippen molar-refractivity contribution in [2.45, 2.75) is 71.1 Å². The second kappa shape index (κ2) is 8.67. The number of hydrogen-bond donors (Lipinski definition) is 3. The first kappa shape index (κ1) is 22.4. The predicted molar refractivity (Wildman–Crippen MR) is 116 cm³/mol. The molecule has 1 heterocycles. The number of amides is 3. The number of hydrogen-bond acceptors (Lipinski definition) is 4. The number of carbonyl (C=O) groups excluding carboxylic acids is 3. The third kappa shape index (κ3) is 6.96. The smallest absolute Gasteiger partial charge is 0.408 e. The van der Waals surface area contributed by atoms with E-state index in [0.717, 1.165) is 14.8 Å². The zero-order chi connectivity index (χ0) is 21.1. The lowest BCUT2D eigenvalue weighted by Crippen LogP contribution is -2.51. The lowest BCUT2D eigenvalue weighted by molar-refractivity contribution is -0.127. The molecule has 0 saturated carbocycles. The molecule has 28 heavy (non-hydrogen) atoms. The van der Waals surface area contributed by atoms with E-state index in [2.05, 4.69) is 38.5 Å². The zero-order valence-corrected chi connectivity index (χ0v) is 19.1. The van der Waals surface area contributed by atoms with Crippen LogP contribution in [0.15, 0.2) is 18.2 Å². The van der Waals surface area contributed by atoms with Gasteiger partial charge in [0.25, 0.3) is 0 Å². The first-order chi connectivity index (χ1) is 12.8. The Balaban J connectivity index is 1.93. The van der Waals surface area contributed by atoms with Crippen molar-refractivity contribution in [1.82, 2.24) is 10.6 Å². The van der Waals surface area contributed by atoms with Gasteiger partial charge in [-0.1, -0.05) is 6.07 Å². The molecule has 0 aromatic heterocycles. The van der Waals surface area contributed by atoms with Gasteiger partial charge >= 0.3 is 6.09 Å². The minimum atomic E-state index is -0.813. The number of fused-ring (bicyclic) bond motifs is 1. The standard InChI is InChI=1S/C20H28IN3O4/c1-19(2,3)28-18(27)24-20(4,5)11-16(25)22-14-9-7-12-6-8-13(21)10-15(12)23-17(14)26/h6,8,10,14H,7,9,11H2,1-5H3,(H,22,25)(H,23,26)(H,24,27). The van der Waals surface area contributed by atoms with Gasteiger partial charge in [0.2, 0.25) is 11.8 Å². The number of halogens is 1. The first-order valence-electron chi connectivity index (χ1n) is 9.24. The molecule has 3 N–H and O–H groups in total. The number of anilines is 1. The Hall–Kier alpha value is -1.84. The normalized spacial score (nSPS) is 17.1. The summed E-state index contributed by atoms with van der Waals surface area (Å²) in [7, 11) is 0. The van der Waals surface area contributed by atoms with Crippen molar-refractivity contribution in [1.29, 1.82) is 0 Å². The van der Waals surface area contributed by atoms with E-state index < -0.39 is 23.3 Å². The van der Waals surface area contributed by atoms with Gasteiger partial charge in [-0.05, 0) is 87.7 Å². The third-order valence-electron chi connectivity index (χ3n) is 4.13. The van der Waals surface area contributed by atoms with E-state index in [0.29, 0.717) is 12.8 Å². The Morgan fingerprint density at radius 3 is 2.57 bits per heavy atom. The zero-order valence-electron chi connectivity index (χ0n) is 16.9. The molecule has 1 aliphatic rings. The minimum absolute atomic E-state index is 0.0286. The molecule has 1 atom stereocenters. The summed E-state index contributed by atoms with van der Waals surface area (Å²) in [5, 5.41) is 8.38. The minimum Gasteiger partial charge on any atom is -0.444 e. The summed E-state index contributed by atoms with van der Waals surface area (Å²) in [6, 6.07) is 5.30. The molecule has 0 saturated heterocycles. The van der Waals surface area contributed by atoms with E-state index in [1.165, 1.54) is 0 Å². The monoisotopic (exact) mass is 501 g/mol. The average Bonchev–Trinajstić information content (AvgIpc) is 2.63. The maximum Gasteiger partial charge on any atom is 0.408 e. The van der Waals surface area contributed by atoms with Crippen LogP contribution in [0.1, 0.15) is 53.0 Å². The Bertz CT molecular complexity index is 771. The molecule has 1 aromatic carbocycles. The maximum absolute atomic E-state index is 12.5. The van der Waals surface area contributed by atoms with Crippen LogP contribution in [0, 0.1) is 3.57 Å². The Kier molecular flexibility index (Phi) is 6.95. The molecule has 1 aliphatic heterocycles. The Morgan fingerprint density at radius 1 is 1.25 bits per heavy atom. The highest BCUT2D eigenvalue weighted by molar-refractivity contribution is 14.1. The van der Waals surface area contributed by atoms with E-state index in [-0.39, 0.29) is 18.2 Å². The summed E-state index contributed by atoms with van der Waals surface area (Å²) in [5.74, 6) is -0.534. The molecule has 0 spiro atoms. The van der Waals surface area contributed by atoms with E-state index >= 15 is 0 Å². The summed E-state index contributed by atoms with van der Waals surface area (Å²) in [4.78, 5) is 37.0. The highest BCUT2D eigenvalue weighted by Crippen LogP contribution is 2.24. The van der Waals surface area contributed by atoms with Crippen LogP contribution in [0.25, 0.3) is 0 Å². The number of rotatable bonds is 4. The van der Waals surface area contributed by atoms with Crippen molar-refractivity contribution < 1.29 is 19.1 Å². The second-order valence-corrected chi connectivity index (χ2v) is 9.88. The van der Waals surface area contributed by atoms with Gasteiger partial charge in [-0.2, -0.15) is 0 Å². The topological polar surface area (TPSA) is 96.5 Å². The number of aryl methyl sites for hydroxylation is 1. The van der Waals surface area contributed by atoms with Gasteiger partial charge in [0.15, 0.2) is 0 Å². The lowest BCUT2D eigenvalue weighted by Gasteiger charge is -2.28. The molecule has 3 amide bonds. The molecule has 0 aliphatic carbocycles. The van der Waals surface area contributed by atoms with Crippen molar-refractivity contribution in [3.05, 3.63) is 27.3 Å². The van der Waals surface area contributed by atoms with Crippen LogP contribution in [-0.4, -0.2) is 35.1 Å². The lowest BCUT2D eigenvalue weighted by atomic mass is 9.99. The van der Waals surface area contributed by atoms with E-state index in [4.69, 9.17) is 4.74 Å². The van der Waals surface area contributed by atoms with E-state index in [1.54, 1.807) is 34.6 Å². The number of nitrogens with one attached hydrogen (secondary N) is 3. The van der Waals surface area contributed by atoms with Gasteiger partial charge in [-0.25, -0.2) is 4.79 Å². The number of benzene rings is 1. The molecule has 7 nitrogen and oxygen atoms in total. The third-order valence-corrected chi connectivity index (χ3v) is 4.80. The fourth-order valence-electron chi connectivity index (χ4n) is 2.94. The average molecular weight is 501 g/mol. The van der Waals surface area contributed by atoms with Crippen molar-refractivity contribution in [2.24, 2.45) is 0 Å². The van der Waals surface area contributed by atoms with Gasteiger partial charge in [-0.3, -0.25) is 9.59 Å². The first-order valence-corrected chi connectivity index (χ1v) is 10.3. The maximum atomic E-state index is 12.5. The molecule has 1 aromatic rings. The quantitative estimate of drug-likeness (QED) is 0.552. The summed E-state index contributed by atoms with van der Waals surface area (Å²) in [5.41, 5.74) is 0.415. The van der Waals surface area contributed by atoms with Crippen molar-refractivity contribution in [3.63, 3.8) is 0 Å². The van der Waals surface area contributed by atoms with Crippen molar-refractivity contribution in [2.75, 3.05) is 5.32 Å². The van der Waals surface area contributed by atoms with E-state index in [1.807, 2.05) is 18.2 Å². The van der Waals surface area contributed by atoms with Crippen LogP contribution >= 0.6 is 22.6 Å². The van der Waals surface area contributed by atoms with E-state index in [9.17, 15) is 14.4 Å². The summed E-state index contributed by atoms with van der Waals surface area (Å²) < 4.78 is 6.27. The number of carbonyl (C=O) groups is 3. The highest BCUT2D eigenvalue weighted by Gasteiger charge is 2.30. The van der Waals surface area contributed by atoms with Crippen molar-refractivity contribution >= 4 is 46.2 Å². The van der Waals surface area contributed by atoms with Gasteiger partial charge in [0.1, 0.15) is 11.6 Å². The van der Waals surface area contributed by atoms with Gasteiger partial charge in [-0.15, -0.1) is 0 Å². The van der Waals surface area contributed by atoms with Gasteiger partial charge < -0.3 is 20.7 Å². The molecule has 1 unspecified atom stereocenters. The Labute approximate surface area is 179 Å². The predicted octanol–water partition coefficient (Wildman–Crippen LogP) is 3.35. The number of ether oxygens (including phenoxy) is 1. The molecule has 8 heteroatoms. The molecular weight excluding hydrogens is 473 g/mol. The van der Waals surface area contributed by atoms with Gasteiger partial charge in [0.05, 0.1) is 0 Å². The van der Waals surface area contributed by atoms with Crippen LogP contribution < -0.4 is 16.0 Å². The van der Waals surface area contributed by atoms with Crippen LogP contribution in [0.3, 0.4) is 0 Å². The van der Waals surface area contributed by atoms with Crippen molar-refractivity contribution in [3.8, 4) is 0 Å². The van der Waals surface area contributed by atoms with Crippen LogP contribution in [0.2, 0.25) is 0 Å². The highest BCUT2D eigenvalue weighted by atomic mass is 127.